The van der Waals surface area contributed by atoms with Crippen molar-refractivity contribution in [2.24, 2.45) is 0 Å². The van der Waals surface area contributed by atoms with Crippen LogP contribution in [-0.2, 0) is 0 Å². The number of likely N-dealkylation sites (N-methyl/N-ethyl adjacent to an activating group) is 1. The highest BCUT2D eigenvalue weighted by Gasteiger charge is 2.27. The number of piperidine rings is 1. The third kappa shape index (κ3) is 4.05. The van der Waals surface area contributed by atoms with Crippen LogP contribution in [0, 0.1) is 0 Å². The van der Waals surface area contributed by atoms with Crippen molar-refractivity contribution in [3.63, 3.8) is 0 Å². The summed E-state index contributed by atoms with van der Waals surface area (Å²) in [6.07, 6.45) is 9.87. The van der Waals surface area contributed by atoms with Crippen LogP contribution in [0.2, 0.25) is 0 Å². The minimum Gasteiger partial charge on any atom is -0.369 e. The molecule has 0 aromatic carbocycles. The molecule has 31 heavy (non-hydrogen) atoms. The fourth-order valence-corrected chi connectivity index (χ4v) is 4.70. The van der Waals surface area contributed by atoms with E-state index in [1.807, 2.05) is 23.0 Å². The molecule has 0 N–H and O–H groups in total. The fourth-order valence-electron chi connectivity index (χ4n) is 4.70. The standard InChI is InChI=1S/C23H29N7O/c1-17(31)22-13-18(3-6-24-22)21-15-26-30-16-20(14-25-23(21)30)28-7-4-19(5-8-28)29-11-9-27(2)10-12-29/h3,6,13-16,19H,4-5,7-12H2,1-2H3. The molecule has 0 aliphatic carbocycles. The van der Waals surface area contributed by atoms with Crippen LogP contribution >= 0.6 is 0 Å². The molecule has 2 fully saturated rings. The first-order valence-electron chi connectivity index (χ1n) is 11.1. The average molecular weight is 420 g/mol. The first-order chi connectivity index (χ1) is 15.1. The van der Waals surface area contributed by atoms with Gasteiger partial charge < -0.3 is 9.80 Å². The highest BCUT2D eigenvalue weighted by atomic mass is 16.1. The van der Waals surface area contributed by atoms with Gasteiger partial charge in [-0.1, -0.05) is 0 Å². The van der Waals surface area contributed by atoms with Crippen molar-refractivity contribution in [2.45, 2.75) is 25.8 Å². The van der Waals surface area contributed by atoms with Gasteiger partial charge >= 0.3 is 0 Å². The maximum absolute atomic E-state index is 11.7. The molecule has 5 heterocycles. The monoisotopic (exact) mass is 419 g/mol. The molecule has 3 aromatic rings. The van der Waals surface area contributed by atoms with E-state index >= 15 is 0 Å². The predicted molar refractivity (Wildman–Crippen MR) is 121 cm³/mol. The molecule has 3 aromatic heterocycles. The van der Waals surface area contributed by atoms with Crippen molar-refractivity contribution in [1.82, 2.24) is 29.4 Å². The summed E-state index contributed by atoms with van der Waals surface area (Å²) in [7, 11) is 2.21. The molecule has 0 unspecified atom stereocenters. The van der Waals surface area contributed by atoms with Gasteiger partial charge in [0.2, 0.25) is 0 Å². The van der Waals surface area contributed by atoms with E-state index in [4.69, 9.17) is 4.98 Å². The second-order valence-electron chi connectivity index (χ2n) is 8.68. The van der Waals surface area contributed by atoms with E-state index in [9.17, 15) is 4.79 Å². The zero-order chi connectivity index (χ0) is 21.4. The summed E-state index contributed by atoms with van der Waals surface area (Å²) in [5, 5.41) is 4.53. The highest BCUT2D eigenvalue weighted by molar-refractivity contribution is 5.93. The number of fused-ring (bicyclic) bond motifs is 1. The Morgan fingerprint density at radius 1 is 1.03 bits per heavy atom. The number of anilines is 1. The van der Waals surface area contributed by atoms with E-state index in [0.717, 1.165) is 35.6 Å². The van der Waals surface area contributed by atoms with Crippen LogP contribution < -0.4 is 4.90 Å². The van der Waals surface area contributed by atoms with Gasteiger partial charge in [-0.3, -0.25) is 14.7 Å². The number of piperazine rings is 1. The molecule has 0 bridgehead atoms. The van der Waals surface area contributed by atoms with E-state index < -0.39 is 0 Å². The minimum absolute atomic E-state index is 0.0476. The fraction of sp³-hybridized carbons (Fsp3) is 0.478. The molecular weight excluding hydrogens is 390 g/mol. The predicted octanol–water partition coefficient (Wildman–Crippen LogP) is 2.21. The number of pyridine rings is 1. The van der Waals surface area contributed by atoms with Gasteiger partial charge in [0.25, 0.3) is 0 Å². The molecule has 8 heteroatoms. The van der Waals surface area contributed by atoms with Gasteiger partial charge in [-0.2, -0.15) is 5.10 Å². The number of aromatic nitrogens is 4. The number of ketones is 1. The van der Waals surface area contributed by atoms with Crippen LogP contribution in [0.5, 0.6) is 0 Å². The van der Waals surface area contributed by atoms with Crippen molar-refractivity contribution >= 4 is 17.1 Å². The van der Waals surface area contributed by atoms with Crippen LogP contribution in [0.25, 0.3) is 16.8 Å². The van der Waals surface area contributed by atoms with Crippen LogP contribution in [-0.4, -0.2) is 87.5 Å². The normalized spacial score (nSPS) is 19.2. The SMILES string of the molecule is CC(=O)c1cc(-c2cnn3cc(N4CCC(N5CCN(C)CC5)CC4)cnc23)ccn1. The van der Waals surface area contributed by atoms with Crippen LogP contribution in [0.15, 0.2) is 36.9 Å². The maximum Gasteiger partial charge on any atom is 0.178 e. The van der Waals surface area contributed by atoms with E-state index in [-0.39, 0.29) is 5.78 Å². The van der Waals surface area contributed by atoms with E-state index in [2.05, 4.69) is 38.0 Å². The molecule has 2 aliphatic rings. The molecule has 162 valence electrons. The van der Waals surface area contributed by atoms with E-state index in [1.165, 1.54) is 45.9 Å². The summed E-state index contributed by atoms with van der Waals surface area (Å²) in [4.78, 5) is 28.0. The largest absolute Gasteiger partial charge is 0.369 e. The summed E-state index contributed by atoms with van der Waals surface area (Å²) >= 11 is 0. The molecule has 0 radical (unpaired) electrons. The lowest BCUT2D eigenvalue weighted by Gasteiger charge is -2.42. The number of carbonyl (C=O) groups is 1. The third-order valence-electron chi connectivity index (χ3n) is 6.66. The van der Waals surface area contributed by atoms with Gasteiger partial charge in [0.05, 0.1) is 24.3 Å². The topological polar surface area (TPSA) is 69.9 Å². The van der Waals surface area contributed by atoms with Gasteiger partial charge in [0.15, 0.2) is 11.4 Å². The van der Waals surface area contributed by atoms with Gasteiger partial charge in [0.1, 0.15) is 5.69 Å². The molecular formula is C23H29N7O. The Labute approximate surface area is 182 Å². The maximum atomic E-state index is 11.7. The Balaban J connectivity index is 1.30. The zero-order valence-corrected chi connectivity index (χ0v) is 18.2. The smallest absolute Gasteiger partial charge is 0.178 e. The molecule has 0 atom stereocenters. The number of Topliss-reactive ketones (excluding diaryl/α,β-unsaturated/α-hetero) is 1. The van der Waals surface area contributed by atoms with Crippen LogP contribution in [0.3, 0.4) is 0 Å². The molecule has 5 rings (SSSR count). The number of nitrogens with zero attached hydrogens (tertiary/aromatic N) is 7. The second kappa shape index (κ2) is 8.36. The Kier molecular flexibility index (Phi) is 5.41. The van der Waals surface area contributed by atoms with Gasteiger partial charge in [-0.15, -0.1) is 0 Å². The lowest BCUT2D eigenvalue weighted by Crippen LogP contribution is -2.52. The Hall–Kier alpha value is -2.84. The summed E-state index contributed by atoms with van der Waals surface area (Å²) in [6, 6.07) is 4.39. The lowest BCUT2D eigenvalue weighted by molar-refractivity contribution is 0.0982. The van der Waals surface area contributed by atoms with Crippen molar-refractivity contribution in [3.8, 4) is 11.1 Å². The molecule has 2 aliphatic heterocycles. The Morgan fingerprint density at radius 3 is 2.55 bits per heavy atom. The lowest BCUT2D eigenvalue weighted by atomic mass is 10.0. The molecule has 0 amide bonds. The first-order valence-corrected chi connectivity index (χ1v) is 11.1. The number of rotatable bonds is 4. The third-order valence-corrected chi connectivity index (χ3v) is 6.66. The van der Waals surface area contributed by atoms with Crippen molar-refractivity contribution < 1.29 is 4.79 Å². The van der Waals surface area contributed by atoms with Crippen molar-refractivity contribution in [3.05, 3.63) is 42.6 Å². The molecule has 2 saturated heterocycles. The molecule has 0 saturated carbocycles. The number of hydrogen-bond donors (Lipinski definition) is 0. The first kappa shape index (κ1) is 20.1. The van der Waals surface area contributed by atoms with Crippen molar-refractivity contribution in [2.75, 3.05) is 51.2 Å². The molecule has 0 spiro atoms. The van der Waals surface area contributed by atoms with E-state index in [0.29, 0.717) is 11.7 Å². The van der Waals surface area contributed by atoms with Crippen molar-refractivity contribution in [1.29, 1.82) is 0 Å². The molecule has 8 nitrogen and oxygen atoms in total. The van der Waals surface area contributed by atoms with Gasteiger partial charge in [-0.05, 0) is 37.6 Å². The van der Waals surface area contributed by atoms with Crippen LogP contribution in [0.4, 0.5) is 5.69 Å². The Bertz CT molecular complexity index is 1080. The van der Waals surface area contributed by atoms with E-state index in [1.54, 1.807) is 12.3 Å². The average Bonchev–Trinajstić information content (AvgIpc) is 3.23. The second-order valence-corrected chi connectivity index (χ2v) is 8.68. The zero-order valence-electron chi connectivity index (χ0n) is 18.2. The Morgan fingerprint density at radius 2 is 1.81 bits per heavy atom. The minimum atomic E-state index is -0.0476. The highest BCUT2D eigenvalue weighted by Crippen LogP contribution is 2.27. The number of carbonyl (C=O) groups excluding carboxylic acids is 1. The summed E-state index contributed by atoms with van der Waals surface area (Å²) < 4.78 is 1.84. The van der Waals surface area contributed by atoms with Gasteiger partial charge in [0, 0.05) is 64.0 Å². The van der Waals surface area contributed by atoms with Gasteiger partial charge in [-0.25, -0.2) is 9.50 Å². The quantitative estimate of drug-likeness (QED) is 0.601. The summed E-state index contributed by atoms with van der Waals surface area (Å²) in [5.74, 6) is -0.0476. The summed E-state index contributed by atoms with van der Waals surface area (Å²) in [5.41, 5.74) is 4.17. The van der Waals surface area contributed by atoms with Crippen LogP contribution in [0.1, 0.15) is 30.3 Å². The summed E-state index contributed by atoms with van der Waals surface area (Å²) in [6.45, 7) is 8.34. The number of hydrogen-bond acceptors (Lipinski definition) is 7.